The molecule has 0 bridgehead atoms. The maximum Gasteiger partial charge on any atom is 0.267 e. The molecular formula is C14H21N3O. The Bertz CT molecular complexity index is 458. The lowest BCUT2D eigenvalue weighted by Gasteiger charge is -2.10. The van der Waals surface area contributed by atoms with Crippen LogP contribution < -0.4 is 5.73 Å². The molecule has 0 saturated heterocycles. The molecule has 0 spiro atoms. The number of hydrogen-bond acceptors (Lipinski definition) is 2. The van der Waals surface area contributed by atoms with E-state index < -0.39 is 5.91 Å². The number of rotatable bonds is 6. The SMILES string of the molecule is CC/C=C/C=C/C(CC)c1c(C)n[nH]c1C(N)=O. The lowest BCUT2D eigenvalue weighted by atomic mass is 9.93. The minimum absolute atomic E-state index is 0.160. The highest BCUT2D eigenvalue weighted by molar-refractivity contribution is 5.92. The largest absolute Gasteiger partial charge is 0.364 e. The van der Waals surface area contributed by atoms with Crippen LogP contribution in [0.1, 0.15) is 54.4 Å². The molecule has 1 heterocycles. The van der Waals surface area contributed by atoms with Crippen LogP contribution in [0.3, 0.4) is 0 Å². The van der Waals surface area contributed by atoms with Gasteiger partial charge >= 0.3 is 0 Å². The molecule has 4 nitrogen and oxygen atoms in total. The van der Waals surface area contributed by atoms with Crippen LogP contribution in [-0.4, -0.2) is 16.1 Å². The molecule has 4 heteroatoms. The number of allylic oxidation sites excluding steroid dienone is 4. The summed E-state index contributed by atoms with van der Waals surface area (Å²) in [7, 11) is 0. The topological polar surface area (TPSA) is 71.8 Å². The smallest absolute Gasteiger partial charge is 0.267 e. The molecule has 0 aliphatic rings. The number of nitrogens with one attached hydrogen (secondary N) is 1. The van der Waals surface area contributed by atoms with Gasteiger partial charge in [0.2, 0.25) is 0 Å². The van der Waals surface area contributed by atoms with Crippen molar-refractivity contribution in [3.05, 3.63) is 41.3 Å². The third kappa shape index (κ3) is 3.32. The Kier molecular flexibility index (Phi) is 5.36. The average Bonchev–Trinajstić information content (AvgIpc) is 2.72. The summed E-state index contributed by atoms with van der Waals surface area (Å²) >= 11 is 0. The summed E-state index contributed by atoms with van der Waals surface area (Å²) in [5, 5.41) is 6.79. The molecule has 98 valence electrons. The molecule has 0 radical (unpaired) electrons. The number of aromatic amines is 1. The lowest BCUT2D eigenvalue weighted by molar-refractivity contribution is 0.0994. The number of aryl methyl sites for hydroxylation is 1. The van der Waals surface area contributed by atoms with Crippen molar-refractivity contribution in [2.24, 2.45) is 5.73 Å². The molecule has 3 N–H and O–H groups in total. The highest BCUT2D eigenvalue weighted by Crippen LogP contribution is 2.26. The highest BCUT2D eigenvalue weighted by Gasteiger charge is 2.19. The van der Waals surface area contributed by atoms with E-state index in [9.17, 15) is 4.79 Å². The van der Waals surface area contributed by atoms with Crippen molar-refractivity contribution < 1.29 is 4.79 Å². The standard InChI is InChI=1S/C14H21N3O/c1-4-6-7-8-9-11(5-2)12-10(3)16-17-13(12)14(15)18/h6-9,11H,4-5H2,1-3H3,(H2,15,18)(H,16,17)/b7-6+,9-8+. The zero-order chi connectivity index (χ0) is 13.5. The fourth-order valence-corrected chi connectivity index (χ4v) is 1.93. The second-order valence-electron chi connectivity index (χ2n) is 4.20. The maximum atomic E-state index is 11.3. The van der Waals surface area contributed by atoms with E-state index in [4.69, 9.17) is 5.73 Å². The predicted molar refractivity (Wildman–Crippen MR) is 73.4 cm³/mol. The van der Waals surface area contributed by atoms with Gasteiger partial charge in [-0.1, -0.05) is 38.2 Å². The first kappa shape index (κ1) is 14.2. The van der Waals surface area contributed by atoms with Crippen LogP contribution in [0.5, 0.6) is 0 Å². The van der Waals surface area contributed by atoms with Crippen molar-refractivity contribution in [2.45, 2.75) is 39.5 Å². The second kappa shape index (κ2) is 6.79. The zero-order valence-corrected chi connectivity index (χ0v) is 11.2. The molecule has 1 unspecified atom stereocenters. The van der Waals surface area contributed by atoms with E-state index in [2.05, 4.69) is 36.2 Å². The highest BCUT2D eigenvalue weighted by atomic mass is 16.1. The minimum Gasteiger partial charge on any atom is -0.364 e. The number of H-pyrrole nitrogens is 1. The van der Waals surface area contributed by atoms with Crippen LogP contribution in [0.15, 0.2) is 24.3 Å². The Balaban J connectivity index is 3.01. The third-order valence-corrected chi connectivity index (χ3v) is 2.88. The van der Waals surface area contributed by atoms with Crippen molar-refractivity contribution in [3.63, 3.8) is 0 Å². The summed E-state index contributed by atoms with van der Waals surface area (Å²) in [5.74, 6) is -0.297. The predicted octanol–water partition coefficient (Wildman–Crippen LogP) is 2.83. The van der Waals surface area contributed by atoms with E-state index in [1.165, 1.54) is 0 Å². The number of amides is 1. The lowest BCUT2D eigenvalue weighted by Crippen LogP contribution is -2.15. The summed E-state index contributed by atoms with van der Waals surface area (Å²) < 4.78 is 0. The van der Waals surface area contributed by atoms with Crippen LogP contribution in [0.25, 0.3) is 0 Å². The van der Waals surface area contributed by atoms with Crippen molar-refractivity contribution >= 4 is 5.91 Å². The Morgan fingerprint density at radius 3 is 2.72 bits per heavy atom. The van der Waals surface area contributed by atoms with Gasteiger partial charge in [0.1, 0.15) is 5.69 Å². The Morgan fingerprint density at radius 2 is 2.17 bits per heavy atom. The molecule has 1 aromatic heterocycles. The van der Waals surface area contributed by atoms with Gasteiger partial charge in [-0.2, -0.15) is 5.10 Å². The molecular weight excluding hydrogens is 226 g/mol. The van der Waals surface area contributed by atoms with E-state index >= 15 is 0 Å². The van der Waals surface area contributed by atoms with Gasteiger partial charge in [0, 0.05) is 11.5 Å². The first-order valence-electron chi connectivity index (χ1n) is 6.29. The van der Waals surface area contributed by atoms with Gasteiger partial charge in [-0.3, -0.25) is 9.89 Å². The van der Waals surface area contributed by atoms with Crippen LogP contribution in [-0.2, 0) is 0 Å². The normalized spacial score (nSPS) is 13.5. The number of nitrogens with two attached hydrogens (primary N) is 1. The molecule has 1 rings (SSSR count). The molecule has 1 aromatic rings. The number of nitrogens with zero attached hydrogens (tertiary/aromatic N) is 1. The van der Waals surface area contributed by atoms with Gasteiger partial charge < -0.3 is 5.73 Å². The average molecular weight is 247 g/mol. The molecule has 0 aliphatic heterocycles. The Labute approximate surface area is 108 Å². The van der Waals surface area contributed by atoms with Crippen LogP contribution >= 0.6 is 0 Å². The molecule has 18 heavy (non-hydrogen) atoms. The van der Waals surface area contributed by atoms with Crippen LogP contribution in [0, 0.1) is 6.92 Å². The summed E-state index contributed by atoms with van der Waals surface area (Å²) in [5.41, 5.74) is 7.51. The first-order chi connectivity index (χ1) is 8.61. The summed E-state index contributed by atoms with van der Waals surface area (Å²) in [6.45, 7) is 6.06. The van der Waals surface area contributed by atoms with Crippen molar-refractivity contribution in [2.75, 3.05) is 0 Å². The van der Waals surface area contributed by atoms with E-state index in [0.717, 1.165) is 24.1 Å². The van der Waals surface area contributed by atoms with Gasteiger partial charge in [-0.15, -0.1) is 0 Å². The van der Waals surface area contributed by atoms with Gasteiger partial charge in [0.25, 0.3) is 5.91 Å². The van der Waals surface area contributed by atoms with Crippen molar-refractivity contribution in [1.82, 2.24) is 10.2 Å². The molecule has 0 saturated carbocycles. The monoisotopic (exact) mass is 247 g/mol. The summed E-state index contributed by atoms with van der Waals surface area (Å²) in [6.07, 6.45) is 10.1. The van der Waals surface area contributed by atoms with E-state index in [-0.39, 0.29) is 5.92 Å². The number of carbonyl (C=O) groups excluding carboxylic acids is 1. The molecule has 1 atom stereocenters. The van der Waals surface area contributed by atoms with Gasteiger partial charge in [-0.25, -0.2) is 0 Å². The van der Waals surface area contributed by atoms with E-state index in [0.29, 0.717) is 5.69 Å². The number of carbonyl (C=O) groups is 1. The van der Waals surface area contributed by atoms with Gasteiger partial charge in [0.15, 0.2) is 0 Å². The number of aromatic nitrogens is 2. The minimum atomic E-state index is -0.457. The molecule has 0 aliphatic carbocycles. The zero-order valence-electron chi connectivity index (χ0n) is 11.2. The van der Waals surface area contributed by atoms with Gasteiger partial charge in [-0.05, 0) is 19.8 Å². The first-order valence-corrected chi connectivity index (χ1v) is 6.29. The number of hydrogen-bond donors (Lipinski definition) is 2. The third-order valence-electron chi connectivity index (χ3n) is 2.88. The summed E-state index contributed by atoms with van der Waals surface area (Å²) in [4.78, 5) is 11.3. The van der Waals surface area contributed by atoms with Crippen molar-refractivity contribution in [3.8, 4) is 0 Å². The number of primary amides is 1. The van der Waals surface area contributed by atoms with Crippen molar-refractivity contribution in [1.29, 1.82) is 0 Å². The molecule has 1 amide bonds. The Morgan fingerprint density at radius 1 is 1.44 bits per heavy atom. The fraction of sp³-hybridized carbons (Fsp3) is 0.429. The summed E-state index contributed by atoms with van der Waals surface area (Å²) in [6, 6.07) is 0. The molecule has 0 aromatic carbocycles. The maximum absolute atomic E-state index is 11.3. The second-order valence-corrected chi connectivity index (χ2v) is 4.20. The van der Waals surface area contributed by atoms with E-state index in [1.54, 1.807) is 0 Å². The quantitative estimate of drug-likeness (QED) is 0.759. The van der Waals surface area contributed by atoms with Crippen LogP contribution in [0.2, 0.25) is 0 Å². The fourth-order valence-electron chi connectivity index (χ4n) is 1.93. The Hall–Kier alpha value is -1.84. The van der Waals surface area contributed by atoms with Crippen LogP contribution in [0.4, 0.5) is 0 Å². The molecule has 0 fully saturated rings. The van der Waals surface area contributed by atoms with E-state index in [1.807, 2.05) is 19.1 Å². The van der Waals surface area contributed by atoms with Gasteiger partial charge in [0.05, 0.1) is 5.69 Å².